The van der Waals surface area contributed by atoms with Gasteiger partial charge in [0.15, 0.2) is 0 Å². The van der Waals surface area contributed by atoms with E-state index in [0.29, 0.717) is 6.54 Å². The third kappa shape index (κ3) is 5.30. The molecule has 5 heteroatoms. The van der Waals surface area contributed by atoms with Crippen LogP contribution in [0.15, 0.2) is 59.1 Å². The molecule has 3 N–H and O–H groups in total. The molecule has 110 valence electrons. The molecule has 1 amide bonds. The van der Waals surface area contributed by atoms with Crippen LogP contribution in [0, 0.1) is 0 Å². The first kappa shape index (κ1) is 15.7. The molecule has 0 saturated heterocycles. The van der Waals surface area contributed by atoms with Crippen LogP contribution in [0.2, 0.25) is 0 Å². The normalized spacial score (nSPS) is 11.9. The van der Waals surface area contributed by atoms with Gasteiger partial charge in [-0.15, -0.1) is 0 Å². The van der Waals surface area contributed by atoms with Crippen molar-refractivity contribution in [2.45, 2.75) is 6.10 Å². The van der Waals surface area contributed by atoms with Crippen molar-refractivity contribution in [1.29, 1.82) is 0 Å². The maximum Gasteiger partial charge on any atom is 0.238 e. The van der Waals surface area contributed by atoms with E-state index in [0.717, 1.165) is 15.7 Å². The predicted octanol–water partition coefficient (Wildman–Crippen LogP) is 2.71. The molecular weight excluding hydrogens is 332 g/mol. The van der Waals surface area contributed by atoms with Gasteiger partial charge in [-0.1, -0.05) is 46.3 Å². The molecule has 0 radical (unpaired) electrons. The first-order valence-electron chi connectivity index (χ1n) is 6.64. The minimum Gasteiger partial charge on any atom is -0.387 e. The van der Waals surface area contributed by atoms with Gasteiger partial charge in [0.2, 0.25) is 5.91 Å². The van der Waals surface area contributed by atoms with E-state index in [1.165, 1.54) is 0 Å². The standard InChI is InChI=1S/C16H17BrN2O2/c17-13-6-4-5-12(9-13)15(20)10-18-11-16(21)19-14-7-2-1-3-8-14/h1-9,15,18,20H,10-11H2,(H,19,21). The van der Waals surface area contributed by atoms with Gasteiger partial charge in [0.25, 0.3) is 0 Å². The Morgan fingerprint density at radius 1 is 1.14 bits per heavy atom. The molecular formula is C16H17BrN2O2. The summed E-state index contributed by atoms with van der Waals surface area (Å²) < 4.78 is 0.917. The molecule has 2 aromatic rings. The summed E-state index contributed by atoms with van der Waals surface area (Å²) in [5, 5.41) is 15.8. The molecule has 0 heterocycles. The highest BCUT2D eigenvalue weighted by molar-refractivity contribution is 9.10. The number of carbonyl (C=O) groups is 1. The van der Waals surface area contributed by atoms with Gasteiger partial charge in [-0.3, -0.25) is 4.79 Å². The number of anilines is 1. The molecule has 0 bridgehead atoms. The van der Waals surface area contributed by atoms with E-state index < -0.39 is 6.10 Å². The van der Waals surface area contributed by atoms with E-state index in [9.17, 15) is 9.90 Å². The predicted molar refractivity (Wildman–Crippen MR) is 87.0 cm³/mol. The average molecular weight is 349 g/mol. The Bertz CT molecular complexity index is 590. The fourth-order valence-corrected chi connectivity index (χ4v) is 2.30. The van der Waals surface area contributed by atoms with Crippen molar-refractivity contribution < 1.29 is 9.90 Å². The second-order valence-electron chi connectivity index (χ2n) is 4.62. The van der Waals surface area contributed by atoms with Crippen LogP contribution < -0.4 is 10.6 Å². The molecule has 0 aliphatic carbocycles. The van der Waals surface area contributed by atoms with Crippen LogP contribution in [0.25, 0.3) is 0 Å². The molecule has 0 aliphatic heterocycles. The number of para-hydroxylation sites is 1. The number of hydrogen-bond acceptors (Lipinski definition) is 3. The molecule has 0 saturated carbocycles. The van der Waals surface area contributed by atoms with Crippen LogP contribution in [-0.2, 0) is 4.79 Å². The highest BCUT2D eigenvalue weighted by Gasteiger charge is 2.08. The molecule has 0 aromatic heterocycles. The molecule has 0 fully saturated rings. The third-order valence-electron chi connectivity index (χ3n) is 2.91. The zero-order valence-corrected chi connectivity index (χ0v) is 13.0. The summed E-state index contributed by atoms with van der Waals surface area (Å²) in [7, 11) is 0. The Hall–Kier alpha value is -1.69. The van der Waals surface area contributed by atoms with E-state index in [4.69, 9.17) is 0 Å². The second-order valence-corrected chi connectivity index (χ2v) is 5.53. The van der Waals surface area contributed by atoms with Crippen molar-refractivity contribution in [3.8, 4) is 0 Å². The topological polar surface area (TPSA) is 61.4 Å². The van der Waals surface area contributed by atoms with Crippen molar-refractivity contribution in [3.05, 3.63) is 64.6 Å². The number of rotatable bonds is 6. The summed E-state index contributed by atoms with van der Waals surface area (Å²) in [6.45, 7) is 0.471. The minimum absolute atomic E-state index is 0.136. The number of benzene rings is 2. The van der Waals surface area contributed by atoms with Crippen LogP contribution in [0.4, 0.5) is 5.69 Å². The SMILES string of the molecule is O=C(CNCC(O)c1cccc(Br)c1)Nc1ccccc1. The van der Waals surface area contributed by atoms with Crippen LogP contribution >= 0.6 is 15.9 Å². The van der Waals surface area contributed by atoms with E-state index >= 15 is 0 Å². The number of amides is 1. The van der Waals surface area contributed by atoms with E-state index in [-0.39, 0.29) is 12.5 Å². The molecule has 4 nitrogen and oxygen atoms in total. The Labute approximate surface area is 132 Å². The Kier molecular flexibility index (Phi) is 5.92. The number of aliphatic hydroxyl groups excluding tert-OH is 1. The van der Waals surface area contributed by atoms with Gasteiger partial charge in [-0.2, -0.15) is 0 Å². The third-order valence-corrected chi connectivity index (χ3v) is 3.41. The Balaban J connectivity index is 1.75. The molecule has 2 rings (SSSR count). The van der Waals surface area contributed by atoms with E-state index in [1.54, 1.807) is 0 Å². The number of aliphatic hydroxyl groups is 1. The van der Waals surface area contributed by atoms with Gasteiger partial charge in [0, 0.05) is 16.7 Å². The lowest BCUT2D eigenvalue weighted by Gasteiger charge is -2.12. The second kappa shape index (κ2) is 7.93. The van der Waals surface area contributed by atoms with Crippen LogP contribution in [-0.4, -0.2) is 24.1 Å². The Morgan fingerprint density at radius 3 is 2.62 bits per heavy atom. The number of nitrogens with one attached hydrogen (secondary N) is 2. The van der Waals surface area contributed by atoms with Crippen LogP contribution in [0.3, 0.4) is 0 Å². The maximum atomic E-state index is 11.7. The van der Waals surface area contributed by atoms with Gasteiger partial charge in [0.1, 0.15) is 0 Å². The van der Waals surface area contributed by atoms with Crippen molar-refractivity contribution >= 4 is 27.5 Å². The first-order valence-corrected chi connectivity index (χ1v) is 7.43. The highest BCUT2D eigenvalue weighted by atomic mass is 79.9. The van der Waals surface area contributed by atoms with Crippen LogP contribution in [0.1, 0.15) is 11.7 Å². The van der Waals surface area contributed by atoms with Crippen molar-refractivity contribution in [2.75, 3.05) is 18.4 Å². The van der Waals surface area contributed by atoms with Gasteiger partial charge < -0.3 is 15.7 Å². The largest absolute Gasteiger partial charge is 0.387 e. The van der Waals surface area contributed by atoms with Crippen LogP contribution in [0.5, 0.6) is 0 Å². The summed E-state index contributed by atoms with van der Waals surface area (Å²) in [4.78, 5) is 11.7. The lowest BCUT2D eigenvalue weighted by Crippen LogP contribution is -2.31. The zero-order valence-electron chi connectivity index (χ0n) is 11.4. The zero-order chi connectivity index (χ0) is 15.1. The smallest absolute Gasteiger partial charge is 0.238 e. The van der Waals surface area contributed by atoms with Gasteiger partial charge in [-0.25, -0.2) is 0 Å². The van der Waals surface area contributed by atoms with Crippen molar-refractivity contribution in [3.63, 3.8) is 0 Å². The lowest BCUT2D eigenvalue weighted by atomic mass is 10.1. The molecule has 1 unspecified atom stereocenters. The van der Waals surface area contributed by atoms with E-state index in [2.05, 4.69) is 26.6 Å². The van der Waals surface area contributed by atoms with Crippen molar-refractivity contribution in [2.24, 2.45) is 0 Å². The molecule has 1 atom stereocenters. The summed E-state index contributed by atoms with van der Waals surface area (Å²) in [5.41, 5.74) is 1.57. The monoisotopic (exact) mass is 348 g/mol. The number of carbonyl (C=O) groups excluding carboxylic acids is 1. The summed E-state index contributed by atoms with van der Waals surface area (Å²) >= 11 is 3.36. The first-order chi connectivity index (χ1) is 10.1. The van der Waals surface area contributed by atoms with E-state index in [1.807, 2.05) is 54.6 Å². The fourth-order valence-electron chi connectivity index (χ4n) is 1.88. The van der Waals surface area contributed by atoms with Gasteiger partial charge in [0.05, 0.1) is 12.6 Å². The lowest BCUT2D eigenvalue weighted by molar-refractivity contribution is -0.115. The summed E-state index contributed by atoms with van der Waals surface area (Å²) in [6.07, 6.45) is -0.646. The molecule has 2 aromatic carbocycles. The van der Waals surface area contributed by atoms with Crippen molar-refractivity contribution in [1.82, 2.24) is 5.32 Å². The fraction of sp³-hybridized carbons (Fsp3) is 0.188. The van der Waals surface area contributed by atoms with Gasteiger partial charge >= 0.3 is 0 Å². The molecule has 21 heavy (non-hydrogen) atoms. The molecule has 0 aliphatic rings. The number of hydrogen-bond donors (Lipinski definition) is 3. The minimum atomic E-state index is -0.646. The average Bonchev–Trinajstić information content (AvgIpc) is 2.48. The quantitative estimate of drug-likeness (QED) is 0.752. The highest BCUT2D eigenvalue weighted by Crippen LogP contribution is 2.17. The number of halogens is 1. The Morgan fingerprint density at radius 2 is 1.90 bits per heavy atom. The van der Waals surface area contributed by atoms with Gasteiger partial charge in [-0.05, 0) is 29.8 Å². The maximum absolute atomic E-state index is 11.7. The summed E-state index contributed by atoms with van der Waals surface area (Å²) in [6, 6.07) is 16.7. The summed E-state index contributed by atoms with van der Waals surface area (Å²) in [5.74, 6) is -0.136. The molecule has 0 spiro atoms.